The van der Waals surface area contributed by atoms with Crippen molar-refractivity contribution in [2.24, 2.45) is 0 Å². The van der Waals surface area contributed by atoms with E-state index in [0.717, 1.165) is 45.3 Å². The van der Waals surface area contributed by atoms with Gasteiger partial charge in [-0.25, -0.2) is 0 Å². The van der Waals surface area contributed by atoms with Gasteiger partial charge in [0.05, 0.1) is 18.6 Å². The van der Waals surface area contributed by atoms with E-state index in [-0.39, 0.29) is 6.04 Å². The van der Waals surface area contributed by atoms with E-state index in [1.807, 2.05) is 16.9 Å². The Hall–Kier alpha value is -1.36. The van der Waals surface area contributed by atoms with Gasteiger partial charge in [0.2, 0.25) is 5.91 Å². The molecule has 2 atom stereocenters. The van der Waals surface area contributed by atoms with E-state index >= 15 is 0 Å². The highest BCUT2D eigenvalue weighted by atomic mass is 16.2. The molecule has 3 rings (SSSR count). The fourth-order valence-corrected chi connectivity index (χ4v) is 3.35. The predicted molar refractivity (Wildman–Crippen MR) is 72.6 cm³/mol. The monoisotopic (exact) mass is 262 g/mol. The van der Waals surface area contributed by atoms with E-state index in [9.17, 15) is 4.79 Å². The van der Waals surface area contributed by atoms with Gasteiger partial charge < -0.3 is 4.90 Å². The summed E-state index contributed by atoms with van der Waals surface area (Å²) in [6.45, 7) is 2.79. The molecule has 2 aliphatic heterocycles. The van der Waals surface area contributed by atoms with Crippen molar-refractivity contribution in [2.45, 2.75) is 44.3 Å². The molecule has 2 aliphatic rings. The van der Waals surface area contributed by atoms with Crippen LogP contribution in [0, 0.1) is 0 Å². The molecule has 0 aliphatic carbocycles. The molecule has 2 fully saturated rings. The van der Waals surface area contributed by atoms with Crippen LogP contribution in [0.15, 0.2) is 18.5 Å². The summed E-state index contributed by atoms with van der Waals surface area (Å²) in [5.74, 6) is 0.328. The number of amides is 1. The normalized spacial score (nSPS) is 28.2. The molecule has 1 aromatic heterocycles. The van der Waals surface area contributed by atoms with Crippen LogP contribution in [-0.4, -0.2) is 57.7 Å². The molecule has 104 valence electrons. The molecule has 0 radical (unpaired) electrons. The molecule has 1 aromatic rings. The zero-order chi connectivity index (χ0) is 13.2. The van der Waals surface area contributed by atoms with E-state index in [2.05, 4.69) is 21.9 Å². The van der Waals surface area contributed by atoms with Gasteiger partial charge in [0.15, 0.2) is 0 Å². The summed E-state index contributed by atoms with van der Waals surface area (Å²) in [5, 5.41) is 4.25. The van der Waals surface area contributed by atoms with Crippen molar-refractivity contribution in [3.05, 3.63) is 18.5 Å². The van der Waals surface area contributed by atoms with Gasteiger partial charge in [0.1, 0.15) is 0 Å². The summed E-state index contributed by atoms with van der Waals surface area (Å²) in [6, 6.07) is 2.37. The minimum Gasteiger partial charge on any atom is -0.336 e. The van der Waals surface area contributed by atoms with Gasteiger partial charge in [0, 0.05) is 18.9 Å². The molecule has 0 N–H and O–H groups in total. The molecule has 0 aromatic carbocycles. The second-order valence-corrected chi connectivity index (χ2v) is 5.69. The SMILES string of the molecule is CN1CCC[C@@H]1C(=O)N1CCC[C@H]1Cn1cccn1. The van der Waals surface area contributed by atoms with Crippen LogP contribution in [-0.2, 0) is 11.3 Å². The highest BCUT2D eigenvalue weighted by Crippen LogP contribution is 2.24. The number of hydrogen-bond donors (Lipinski definition) is 0. The molecule has 0 bridgehead atoms. The molecule has 0 spiro atoms. The largest absolute Gasteiger partial charge is 0.336 e. The van der Waals surface area contributed by atoms with E-state index in [1.165, 1.54) is 0 Å². The zero-order valence-corrected chi connectivity index (χ0v) is 11.5. The smallest absolute Gasteiger partial charge is 0.240 e. The molecule has 19 heavy (non-hydrogen) atoms. The third-order valence-electron chi connectivity index (χ3n) is 4.42. The van der Waals surface area contributed by atoms with Gasteiger partial charge in [0.25, 0.3) is 0 Å². The molecule has 2 saturated heterocycles. The first kappa shape index (κ1) is 12.7. The third kappa shape index (κ3) is 2.52. The number of likely N-dealkylation sites (N-methyl/N-ethyl adjacent to an activating group) is 1. The number of carbonyl (C=O) groups is 1. The number of aromatic nitrogens is 2. The van der Waals surface area contributed by atoms with E-state index < -0.39 is 0 Å². The van der Waals surface area contributed by atoms with Gasteiger partial charge in [-0.3, -0.25) is 14.4 Å². The van der Waals surface area contributed by atoms with Crippen LogP contribution < -0.4 is 0 Å². The van der Waals surface area contributed by atoms with Crippen molar-refractivity contribution in [2.75, 3.05) is 20.1 Å². The van der Waals surface area contributed by atoms with Crippen LogP contribution in [0.5, 0.6) is 0 Å². The number of likely N-dealkylation sites (tertiary alicyclic amines) is 2. The molecule has 0 unspecified atom stereocenters. The fourth-order valence-electron chi connectivity index (χ4n) is 3.35. The lowest BCUT2D eigenvalue weighted by molar-refractivity contribution is -0.136. The lowest BCUT2D eigenvalue weighted by Crippen LogP contribution is -2.47. The number of hydrogen-bond acceptors (Lipinski definition) is 3. The van der Waals surface area contributed by atoms with Gasteiger partial charge >= 0.3 is 0 Å². The highest BCUT2D eigenvalue weighted by Gasteiger charge is 2.36. The summed E-state index contributed by atoms with van der Waals surface area (Å²) in [6.07, 6.45) is 8.15. The first-order valence-electron chi connectivity index (χ1n) is 7.24. The number of nitrogens with zero attached hydrogens (tertiary/aromatic N) is 4. The van der Waals surface area contributed by atoms with Crippen LogP contribution in [0.4, 0.5) is 0 Å². The maximum Gasteiger partial charge on any atom is 0.240 e. The molecule has 5 heteroatoms. The van der Waals surface area contributed by atoms with Crippen molar-refractivity contribution in [1.29, 1.82) is 0 Å². The van der Waals surface area contributed by atoms with Gasteiger partial charge in [-0.05, 0) is 45.3 Å². The lowest BCUT2D eigenvalue weighted by Gasteiger charge is -2.29. The third-order valence-corrected chi connectivity index (χ3v) is 4.42. The van der Waals surface area contributed by atoms with Crippen LogP contribution in [0.1, 0.15) is 25.7 Å². The molecule has 0 saturated carbocycles. The Morgan fingerprint density at radius 1 is 1.32 bits per heavy atom. The van der Waals surface area contributed by atoms with Gasteiger partial charge in [-0.15, -0.1) is 0 Å². The maximum atomic E-state index is 12.7. The van der Waals surface area contributed by atoms with Gasteiger partial charge in [-0.2, -0.15) is 5.10 Å². The van der Waals surface area contributed by atoms with Crippen molar-refractivity contribution in [3.63, 3.8) is 0 Å². The second kappa shape index (κ2) is 5.33. The molecule has 5 nitrogen and oxygen atoms in total. The fraction of sp³-hybridized carbons (Fsp3) is 0.714. The standard InChI is InChI=1S/C14H22N4O/c1-16-8-3-6-13(16)14(19)18-10-2-5-12(18)11-17-9-4-7-15-17/h4,7,9,12-13H,2-3,5-6,8,10-11H2,1H3/t12-,13+/m0/s1. The molecular formula is C14H22N4O. The van der Waals surface area contributed by atoms with E-state index in [1.54, 1.807) is 6.20 Å². The zero-order valence-electron chi connectivity index (χ0n) is 11.5. The first-order chi connectivity index (χ1) is 9.25. The number of rotatable bonds is 3. The minimum atomic E-state index is 0.109. The number of carbonyl (C=O) groups excluding carboxylic acids is 1. The Kier molecular flexibility index (Phi) is 3.55. The summed E-state index contributed by atoms with van der Waals surface area (Å²) in [5.41, 5.74) is 0. The van der Waals surface area contributed by atoms with Crippen molar-refractivity contribution >= 4 is 5.91 Å². The van der Waals surface area contributed by atoms with Crippen LogP contribution in [0.25, 0.3) is 0 Å². The average molecular weight is 262 g/mol. The Bertz CT molecular complexity index is 431. The molecule has 1 amide bonds. The topological polar surface area (TPSA) is 41.4 Å². The summed E-state index contributed by atoms with van der Waals surface area (Å²) < 4.78 is 1.94. The second-order valence-electron chi connectivity index (χ2n) is 5.69. The molecule has 3 heterocycles. The van der Waals surface area contributed by atoms with E-state index in [0.29, 0.717) is 11.9 Å². The summed E-state index contributed by atoms with van der Waals surface area (Å²) >= 11 is 0. The minimum absolute atomic E-state index is 0.109. The highest BCUT2D eigenvalue weighted by molar-refractivity contribution is 5.82. The van der Waals surface area contributed by atoms with Gasteiger partial charge in [-0.1, -0.05) is 0 Å². The Morgan fingerprint density at radius 3 is 2.84 bits per heavy atom. The Labute approximate surface area is 114 Å². The van der Waals surface area contributed by atoms with Crippen LogP contribution in [0.2, 0.25) is 0 Å². The quantitative estimate of drug-likeness (QED) is 0.815. The molecular weight excluding hydrogens is 240 g/mol. The Morgan fingerprint density at radius 2 is 2.16 bits per heavy atom. The first-order valence-corrected chi connectivity index (χ1v) is 7.24. The van der Waals surface area contributed by atoms with Crippen molar-refractivity contribution < 1.29 is 4.79 Å². The predicted octanol–water partition coefficient (Wildman–Crippen LogP) is 0.968. The van der Waals surface area contributed by atoms with Crippen molar-refractivity contribution in [3.8, 4) is 0 Å². The van der Waals surface area contributed by atoms with Crippen molar-refractivity contribution in [1.82, 2.24) is 19.6 Å². The van der Waals surface area contributed by atoms with E-state index in [4.69, 9.17) is 0 Å². The maximum absolute atomic E-state index is 12.7. The van der Waals surface area contributed by atoms with Crippen LogP contribution in [0.3, 0.4) is 0 Å². The summed E-state index contributed by atoms with van der Waals surface area (Å²) in [4.78, 5) is 16.9. The van der Waals surface area contributed by atoms with Crippen LogP contribution >= 0.6 is 0 Å². The Balaban J connectivity index is 1.67. The summed E-state index contributed by atoms with van der Waals surface area (Å²) in [7, 11) is 2.06. The lowest BCUT2D eigenvalue weighted by atomic mass is 10.1. The average Bonchev–Trinajstić information content (AvgIpc) is 3.10.